The average Bonchev–Trinajstić information content (AvgIpc) is 2.10. The standard InChI is InChI=1S/C5H8O4/c6-2-3-1-4(7)9-5(3)8/h2-5,7-8H,1H2. The average molecular weight is 132 g/mol. The van der Waals surface area contributed by atoms with Gasteiger partial charge < -0.3 is 19.7 Å². The Morgan fingerprint density at radius 2 is 2.22 bits per heavy atom. The van der Waals surface area contributed by atoms with E-state index in [0.717, 1.165) is 0 Å². The van der Waals surface area contributed by atoms with Crippen molar-refractivity contribution in [1.29, 1.82) is 0 Å². The third kappa shape index (κ3) is 1.27. The summed E-state index contributed by atoms with van der Waals surface area (Å²) in [4.78, 5) is 10.0. The molecule has 0 aromatic rings. The molecule has 0 bridgehead atoms. The third-order valence-corrected chi connectivity index (χ3v) is 1.31. The molecule has 52 valence electrons. The van der Waals surface area contributed by atoms with E-state index in [9.17, 15) is 4.79 Å². The molecule has 4 nitrogen and oxygen atoms in total. The van der Waals surface area contributed by atoms with Gasteiger partial charge in [-0.2, -0.15) is 0 Å². The molecule has 9 heavy (non-hydrogen) atoms. The molecule has 0 aromatic heterocycles. The Morgan fingerprint density at radius 1 is 1.56 bits per heavy atom. The molecule has 3 unspecified atom stereocenters. The molecule has 1 rings (SSSR count). The molecule has 1 aliphatic rings. The van der Waals surface area contributed by atoms with Gasteiger partial charge in [-0.3, -0.25) is 0 Å². The highest BCUT2D eigenvalue weighted by Crippen LogP contribution is 2.20. The molecule has 0 radical (unpaired) electrons. The summed E-state index contributed by atoms with van der Waals surface area (Å²) >= 11 is 0. The predicted octanol–water partition coefficient (Wildman–Crippen LogP) is -1.14. The minimum Gasteiger partial charge on any atom is -0.368 e. The van der Waals surface area contributed by atoms with Gasteiger partial charge in [0.25, 0.3) is 0 Å². The fourth-order valence-corrected chi connectivity index (χ4v) is 0.789. The zero-order valence-corrected chi connectivity index (χ0v) is 4.73. The molecular weight excluding hydrogens is 124 g/mol. The van der Waals surface area contributed by atoms with Crippen LogP contribution >= 0.6 is 0 Å². The van der Waals surface area contributed by atoms with Crippen molar-refractivity contribution in [3.8, 4) is 0 Å². The number of aliphatic hydroxyl groups excluding tert-OH is 2. The summed E-state index contributed by atoms with van der Waals surface area (Å²) in [6.45, 7) is 0. The Balaban J connectivity index is 2.47. The van der Waals surface area contributed by atoms with Crippen LogP contribution in [0.15, 0.2) is 0 Å². The molecule has 0 amide bonds. The van der Waals surface area contributed by atoms with Gasteiger partial charge >= 0.3 is 0 Å². The molecule has 0 aliphatic carbocycles. The second-order valence-electron chi connectivity index (χ2n) is 2.02. The second-order valence-corrected chi connectivity index (χ2v) is 2.02. The first-order valence-corrected chi connectivity index (χ1v) is 2.71. The van der Waals surface area contributed by atoms with Crippen LogP contribution in [-0.4, -0.2) is 29.1 Å². The van der Waals surface area contributed by atoms with Crippen LogP contribution < -0.4 is 0 Å². The maximum Gasteiger partial charge on any atom is 0.167 e. The highest BCUT2D eigenvalue weighted by Gasteiger charge is 2.31. The highest BCUT2D eigenvalue weighted by molar-refractivity contribution is 5.54. The lowest BCUT2D eigenvalue weighted by molar-refractivity contribution is -0.168. The van der Waals surface area contributed by atoms with Crippen molar-refractivity contribution >= 4 is 6.29 Å². The van der Waals surface area contributed by atoms with Crippen molar-refractivity contribution in [2.45, 2.75) is 19.0 Å². The van der Waals surface area contributed by atoms with Crippen molar-refractivity contribution in [3.63, 3.8) is 0 Å². The van der Waals surface area contributed by atoms with Crippen LogP contribution in [0.5, 0.6) is 0 Å². The minimum absolute atomic E-state index is 0.199. The van der Waals surface area contributed by atoms with E-state index in [0.29, 0.717) is 6.29 Å². The van der Waals surface area contributed by atoms with E-state index in [1.807, 2.05) is 0 Å². The maximum atomic E-state index is 10.0. The van der Waals surface area contributed by atoms with Crippen LogP contribution in [0.2, 0.25) is 0 Å². The van der Waals surface area contributed by atoms with Crippen molar-refractivity contribution in [1.82, 2.24) is 0 Å². The summed E-state index contributed by atoms with van der Waals surface area (Å²) in [5.41, 5.74) is 0. The Labute approximate surface area is 52.1 Å². The molecular formula is C5H8O4. The van der Waals surface area contributed by atoms with Crippen molar-refractivity contribution in [3.05, 3.63) is 0 Å². The monoisotopic (exact) mass is 132 g/mol. The van der Waals surface area contributed by atoms with E-state index >= 15 is 0 Å². The normalized spacial score (nSPS) is 43.1. The number of hydrogen-bond donors (Lipinski definition) is 2. The van der Waals surface area contributed by atoms with Gasteiger partial charge in [0.05, 0.1) is 5.92 Å². The van der Waals surface area contributed by atoms with E-state index in [2.05, 4.69) is 4.74 Å². The molecule has 0 saturated carbocycles. The second kappa shape index (κ2) is 2.43. The van der Waals surface area contributed by atoms with Crippen molar-refractivity contribution in [2.75, 3.05) is 0 Å². The van der Waals surface area contributed by atoms with Gasteiger partial charge in [0, 0.05) is 6.42 Å². The lowest BCUT2D eigenvalue weighted by Gasteiger charge is -2.02. The van der Waals surface area contributed by atoms with Crippen LogP contribution in [-0.2, 0) is 9.53 Å². The van der Waals surface area contributed by atoms with Gasteiger partial charge in [-0.15, -0.1) is 0 Å². The van der Waals surface area contributed by atoms with Crippen LogP contribution in [0.25, 0.3) is 0 Å². The highest BCUT2D eigenvalue weighted by atomic mass is 16.7. The van der Waals surface area contributed by atoms with E-state index in [-0.39, 0.29) is 6.42 Å². The van der Waals surface area contributed by atoms with E-state index in [1.165, 1.54) is 0 Å². The van der Waals surface area contributed by atoms with Crippen molar-refractivity contribution in [2.24, 2.45) is 5.92 Å². The largest absolute Gasteiger partial charge is 0.368 e. The predicted molar refractivity (Wildman–Crippen MR) is 27.3 cm³/mol. The summed E-state index contributed by atoms with van der Waals surface area (Å²) in [7, 11) is 0. The Kier molecular flexibility index (Phi) is 1.80. The fraction of sp³-hybridized carbons (Fsp3) is 0.800. The number of carbonyl (C=O) groups excluding carboxylic acids is 1. The zero-order chi connectivity index (χ0) is 6.85. The summed E-state index contributed by atoms with van der Waals surface area (Å²) in [5.74, 6) is -0.556. The number of hydrogen-bond acceptors (Lipinski definition) is 4. The van der Waals surface area contributed by atoms with Gasteiger partial charge in [0.1, 0.15) is 6.29 Å². The van der Waals surface area contributed by atoms with E-state index < -0.39 is 18.5 Å². The van der Waals surface area contributed by atoms with E-state index in [4.69, 9.17) is 10.2 Å². The lowest BCUT2D eigenvalue weighted by Crippen LogP contribution is -2.15. The molecule has 2 N–H and O–H groups in total. The van der Waals surface area contributed by atoms with Gasteiger partial charge in [-0.05, 0) is 0 Å². The number of ether oxygens (including phenoxy) is 1. The molecule has 1 fully saturated rings. The smallest absolute Gasteiger partial charge is 0.167 e. The number of aliphatic hydroxyl groups is 2. The zero-order valence-electron chi connectivity index (χ0n) is 4.73. The van der Waals surface area contributed by atoms with Crippen LogP contribution in [0.1, 0.15) is 6.42 Å². The van der Waals surface area contributed by atoms with Crippen LogP contribution in [0.3, 0.4) is 0 Å². The van der Waals surface area contributed by atoms with Gasteiger partial charge in [-0.1, -0.05) is 0 Å². The van der Waals surface area contributed by atoms with Gasteiger partial charge in [0.2, 0.25) is 0 Å². The van der Waals surface area contributed by atoms with Crippen LogP contribution in [0.4, 0.5) is 0 Å². The Morgan fingerprint density at radius 3 is 2.44 bits per heavy atom. The SMILES string of the molecule is O=CC1CC(O)OC1O. The summed E-state index contributed by atoms with van der Waals surface area (Å²) in [5, 5.41) is 17.4. The molecule has 3 atom stereocenters. The molecule has 0 spiro atoms. The maximum absolute atomic E-state index is 10.0. The number of rotatable bonds is 1. The first kappa shape index (κ1) is 6.67. The van der Waals surface area contributed by atoms with Crippen molar-refractivity contribution < 1.29 is 19.7 Å². The number of carbonyl (C=O) groups is 1. The molecule has 1 aliphatic heterocycles. The summed E-state index contributed by atoms with van der Waals surface area (Å²) < 4.78 is 4.44. The molecule has 1 saturated heterocycles. The van der Waals surface area contributed by atoms with Gasteiger partial charge in [-0.25, -0.2) is 0 Å². The summed E-state index contributed by atoms with van der Waals surface area (Å²) in [6, 6.07) is 0. The molecule has 4 heteroatoms. The lowest BCUT2D eigenvalue weighted by atomic mass is 10.1. The van der Waals surface area contributed by atoms with Crippen LogP contribution in [0, 0.1) is 5.92 Å². The minimum atomic E-state index is -1.11. The van der Waals surface area contributed by atoms with E-state index in [1.54, 1.807) is 0 Å². The summed E-state index contributed by atoms with van der Waals surface area (Å²) in [6.07, 6.45) is -1.31. The first-order valence-electron chi connectivity index (χ1n) is 2.71. The topological polar surface area (TPSA) is 66.8 Å². The Bertz CT molecular complexity index is 114. The molecule has 0 aromatic carbocycles. The molecule has 1 heterocycles. The number of aldehydes is 1. The fourth-order valence-electron chi connectivity index (χ4n) is 0.789. The van der Waals surface area contributed by atoms with Gasteiger partial charge in [0.15, 0.2) is 12.6 Å². The quantitative estimate of drug-likeness (QED) is 0.442. The Hall–Kier alpha value is -0.450. The first-order chi connectivity index (χ1) is 4.24. The third-order valence-electron chi connectivity index (χ3n) is 1.31.